The van der Waals surface area contributed by atoms with E-state index in [1.807, 2.05) is 18.3 Å². The third kappa shape index (κ3) is 2.44. The van der Waals surface area contributed by atoms with Gasteiger partial charge in [0.25, 0.3) is 0 Å². The van der Waals surface area contributed by atoms with Crippen molar-refractivity contribution < 1.29 is 0 Å². The molecular weight excluding hydrogens is 250 g/mol. The minimum atomic E-state index is 0.218. The maximum atomic E-state index is 4.71. The highest BCUT2D eigenvalue weighted by molar-refractivity contribution is 5.75. The Balaban J connectivity index is 1.69. The van der Waals surface area contributed by atoms with E-state index < -0.39 is 0 Å². The van der Waals surface area contributed by atoms with Crippen molar-refractivity contribution in [1.82, 2.24) is 24.8 Å². The van der Waals surface area contributed by atoms with Gasteiger partial charge < -0.3 is 14.9 Å². The van der Waals surface area contributed by atoms with Crippen LogP contribution in [0.15, 0.2) is 36.8 Å². The number of hydrogen-bond acceptors (Lipinski definition) is 3. The quantitative estimate of drug-likeness (QED) is 0.746. The SMILES string of the molecule is CC(NCCc1cnc[nH]1)c1nc2ccccc2n1C. The summed E-state index contributed by atoms with van der Waals surface area (Å²) >= 11 is 0. The number of para-hydroxylation sites is 2. The standard InChI is InChI=1S/C15H19N5/c1-11(17-8-7-12-9-16-10-18-12)15-19-13-5-3-4-6-14(13)20(15)2/h3-6,9-11,17H,7-8H2,1-2H3,(H,16,18). The molecular formula is C15H19N5. The summed E-state index contributed by atoms with van der Waals surface area (Å²) in [6.45, 7) is 3.04. The summed E-state index contributed by atoms with van der Waals surface area (Å²) in [5.41, 5.74) is 3.37. The fourth-order valence-electron chi connectivity index (χ4n) is 2.49. The Morgan fingerprint density at radius 3 is 2.95 bits per heavy atom. The molecule has 1 atom stereocenters. The van der Waals surface area contributed by atoms with Gasteiger partial charge in [-0.05, 0) is 19.1 Å². The number of nitrogens with one attached hydrogen (secondary N) is 2. The van der Waals surface area contributed by atoms with Crippen LogP contribution in [-0.2, 0) is 13.5 Å². The van der Waals surface area contributed by atoms with Gasteiger partial charge in [0, 0.05) is 31.9 Å². The first-order chi connectivity index (χ1) is 9.75. The van der Waals surface area contributed by atoms with E-state index in [-0.39, 0.29) is 6.04 Å². The third-order valence-electron chi connectivity index (χ3n) is 3.61. The highest BCUT2D eigenvalue weighted by Crippen LogP contribution is 2.18. The number of fused-ring (bicyclic) bond motifs is 1. The molecule has 0 aliphatic rings. The second-order valence-electron chi connectivity index (χ2n) is 5.02. The van der Waals surface area contributed by atoms with Crippen LogP contribution in [0.2, 0.25) is 0 Å². The molecule has 2 aromatic heterocycles. The van der Waals surface area contributed by atoms with Crippen molar-refractivity contribution in [3.63, 3.8) is 0 Å². The molecule has 2 heterocycles. The Bertz CT molecular complexity index is 683. The molecule has 0 aliphatic carbocycles. The highest BCUT2D eigenvalue weighted by Gasteiger charge is 2.13. The van der Waals surface area contributed by atoms with Crippen molar-refractivity contribution in [1.29, 1.82) is 0 Å². The van der Waals surface area contributed by atoms with Crippen LogP contribution in [0.25, 0.3) is 11.0 Å². The van der Waals surface area contributed by atoms with Gasteiger partial charge in [0.1, 0.15) is 5.82 Å². The lowest BCUT2D eigenvalue weighted by Gasteiger charge is -2.13. The van der Waals surface area contributed by atoms with Crippen LogP contribution in [-0.4, -0.2) is 26.1 Å². The summed E-state index contributed by atoms with van der Waals surface area (Å²) < 4.78 is 2.16. The largest absolute Gasteiger partial charge is 0.348 e. The number of aromatic amines is 1. The first-order valence-corrected chi connectivity index (χ1v) is 6.87. The lowest BCUT2D eigenvalue weighted by molar-refractivity contribution is 0.534. The van der Waals surface area contributed by atoms with E-state index in [1.165, 1.54) is 5.52 Å². The van der Waals surface area contributed by atoms with Gasteiger partial charge in [-0.1, -0.05) is 12.1 Å². The highest BCUT2D eigenvalue weighted by atomic mass is 15.1. The molecule has 0 amide bonds. The number of nitrogens with zero attached hydrogens (tertiary/aromatic N) is 3. The number of rotatable bonds is 5. The number of hydrogen-bond donors (Lipinski definition) is 2. The zero-order valence-electron chi connectivity index (χ0n) is 11.8. The van der Waals surface area contributed by atoms with Crippen LogP contribution in [0.3, 0.4) is 0 Å². The molecule has 0 spiro atoms. The molecule has 0 bridgehead atoms. The van der Waals surface area contributed by atoms with E-state index in [2.05, 4.69) is 46.0 Å². The first kappa shape index (κ1) is 12.9. The van der Waals surface area contributed by atoms with Gasteiger partial charge in [0.05, 0.1) is 23.4 Å². The molecule has 20 heavy (non-hydrogen) atoms. The van der Waals surface area contributed by atoms with Gasteiger partial charge in [-0.25, -0.2) is 9.97 Å². The summed E-state index contributed by atoms with van der Waals surface area (Å²) in [5, 5.41) is 3.51. The van der Waals surface area contributed by atoms with E-state index in [0.29, 0.717) is 0 Å². The van der Waals surface area contributed by atoms with Gasteiger partial charge in [-0.15, -0.1) is 0 Å². The predicted octanol–water partition coefficient (Wildman–Crippen LogP) is 2.19. The van der Waals surface area contributed by atoms with Crippen molar-refractivity contribution in [3.05, 3.63) is 48.3 Å². The van der Waals surface area contributed by atoms with E-state index in [1.54, 1.807) is 6.33 Å². The van der Waals surface area contributed by atoms with E-state index in [9.17, 15) is 0 Å². The lowest BCUT2D eigenvalue weighted by atomic mass is 10.2. The minimum Gasteiger partial charge on any atom is -0.348 e. The molecule has 0 radical (unpaired) electrons. The molecule has 0 saturated heterocycles. The molecule has 2 N–H and O–H groups in total. The van der Waals surface area contributed by atoms with Crippen LogP contribution >= 0.6 is 0 Å². The second kappa shape index (κ2) is 5.46. The molecule has 5 nitrogen and oxygen atoms in total. The normalized spacial score (nSPS) is 12.9. The smallest absolute Gasteiger partial charge is 0.126 e. The van der Waals surface area contributed by atoms with Crippen LogP contribution < -0.4 is 5.32 Å². The average Bonchev–Trinajstić information content (AvgIpc) is 3.08. The molecule has 104 valence electrons. The number of imidazole rings is 2. The van der Waals surface area contributed by atoms with Crippen molar-refractivity contribution >= 4 is 11.0 Å². The summed E-state index contributed by atoms with van der Waals surface area (Å²) in [6.07, 6.45) is 4.51. The second-order valence-corrected chi connectivity index (χ2v) is 5.02. The topological polar surface area (TPSA) is 58.5 Å². The molecule has 1 unspecified atom stereocenters. The summed E-state index contributed by atoms with van der Waals surface area (Å²) in [6, 6.07) is 8.44. The summed E-state index contributed by atoms with van der Waals surface area (Å²) in [4.78, 5) is 11.8. The van der Waals surface area contributed by atoms with Crippen LogP contribution in [0.5, 0.6) is 0 Å². The Kier molecular flexibility index (Phi) is 3.52. The number of aryl methyl sites for hydroxylation is 1. The zero-order chi connectivity index (χ0) is 13.9. The van der Waals surface area contributed by atoms with Gasteiger partial charge in [-0.3, -0.25) is 0 Å². The predicted molar refractivity (Wildman–Crippen MR) is 79.4 cm³/mol. The first-order valence-electron chi connectivity index (χ1n) is 6.87. The molecule has 0 saturated carbocycles. The van der Waals surface area contributed by atoms with Crippen LogP contribution in [0.4, 0.5) is 0 Å². The number of benzene rings is 1. The third-order valence-corrected chi connectivity index (χ3v) is 3.61. The lowest BCUT2D eigenvalue weighted by Crippen LogP contribution is -2.23. The molecule has 3 rings (SSSR count). The Labute approximate surface area is 118 Å². The summed E-state index contributed by atoms with van der Waals surface area (Å²) in [5.74, 6) is 1.07. The monoisotopic (exact) mass is 269 g/mol. The number of aromatic nitrogens is 4. The van der Waals surface area contributed by atoms with Crippen molar-refractivity contribution in [2.45, 2.75) is 19.4 Å². The molecule has 0 fully saturated rings. The van der Waals surface area contributed by atoms with Crippen molar-refractivity contribution in [2.75, 3.05) is 6.54 Å². The van der Waals surface area contributed by atoms with Crippen molar-refractivity contribution in [3.8, 4) is 0 Å². The Hall–Kier alpha value is -2.14. The fraction of sp³-hybridized carbons (Fsp3) is 0.333. The van der Waals surface area contributed by atoms with Gasteiger partial charge in [-0.2, -0.15) is 0 Å². The van der Waals surface area contributed by atoms with Crippen LogP contribution in [0, 0.1) is 0 Å². The minimum absolute atomic E-state index is 0.218. The molecule has 5 heteroatoms. The van der Waals surface area contributed by atoms with Gasteiger partial charge in [0.2, 0.25) is 0 Å². The van der Waals surface area contributed by atoms with Gasteiger partial charge in [0.15, 0.2) is 0 Å². The van der Waals surface area contributed by atoms with E-state index >= 15 is 0 Å². The molecule has 1 aromatic carbocycles. The Morgan fingerprint density at radius 2 is 2.20 bits per heavy atom. The molecule has 0 aliphatic heterocycles. The average molecular weight is 269 g/mol. The number of H-pyrrole nitrogens is 1. The zero-order valence-corrected chi connectivity index (χ0v) is 11.8. The maximum Gasteiger partial charge on any atom is 0.126 e. The van der Waals surface area contributed by atoms with Crippen LogP contribution in [0.1, 0.15) is 24.5 Å². The molecule has 3 aromatic rings. The maximum absolute atomic E-state index is 4.71. The van der Waals surface area contributed by atoms with Gasteiger partial charge >= 0.3 is 0 Å². The Morgan fingerprint density at radius 1 is 1.35 bits per heavy atom. The van der Waals surface area contributed by atoms with E-state index in [0.717, 1.165) is 30.0 Å². The fourth-order valence-corrected chi connectivity index (χ4v) is 2.49. The summed E-state index contributed by atoms with van der Waals surface area (Å²) in [7, 11) is 2.07. The van der Waals surface area contributed by atoms with E-state index in [4.69, 9.17) is 4.98 Å². The van der Waals surface area contributed by atoms with Crippen molar-refractivity contribution in [2.24, 2.45) is 7.05 Å².